The average Bonchev–Trinajstić information content (AvgIpc) is 2.58. The molecule has 0 bridgehead atoms. The minimum absolute atomic E-state index is 0.409. The fraction of sp³-hybridized carbons (Fsp3) is 1.00. The van der Waals surface area contributed by atoms with Gasteiger partial charge in [-0.1, -0.05) is 6.42 Å². The van der Waals surface area contributed by atoms with Gasteiger partial charge >= 0.3 is 11.9 Å². The van der Waals surface area contributed by atoms with E-state index >= 15 is 0 Å². The van der Waals surface area contributed by atoms with E-state index in [4.69, 9.17) is 40.1 Å². The Morgan fingerprint density at radius 3 is 1.44 bits per heavy atom. The molecular formula is C10H18O8. The van der Waals surface area contributed by atoms with E-state index in [0.717, 1.165) is 19.3 Å². The lowest BCUT2D eigenvalue weighted by molar-refractivity contribution is -0.401. The van der Waals surface area contributed by atoms with Gasteiger partial charge in [-0.15, -0.1) is 0 Å². The van der Waals surface area contributed by atoms with Gasteiger partial charge in [-0.25, -0.2) is 0 Å². The minimum atomic E-state index is -3.34. The van der Waals surface area contributed by atoms with Gasteiger partial charge in [0.2, 0.25) is 0 Å². The highest BCUT2D eigenvalue weighted by Crippen LogP contribution is 2.44. The van der Waals surface area contributed by atoms with Crippen LogP contribution in [0.4, 0.5) is 0 Å². The molecule has 1 aliphatic carbocycles. The van der Waals surface area contributed by atoms with Crippen LogP contribution >= 0.6 is 0 Å². The minimum Gasteiger partial charge on any atom is -0.341 e. The van der Waals surface area contributed by atoms with Crippen molar-refractivity contribution in [1.29, 1.82) is 0 Å². The van der Waals surface area contributed by atoms with Crippen LogP contribution in [0.15, 0.2) is 0 Å². The van der Waals surface area contributed by atoms with E-state index < -0.39 is 29.9 Å². The summed E-state index contributed by atoms with van der Waals surface area (Å²) in [7, 11) is 0. The normalized spacial score (nSPS) is 33.0. The van der Waals surface area contributed by atoms with Crippen LogP contribution in [0.25, 0.3) is 0 Å². The van der Waals surface area contributed by atoms with E-state index in [1.165, 1.54) is 0 Å². The van der Waals surface area contributed by atoms with Gasteiger partial charge in [0.1, 0.15) is 0 Å². The second kappa shape index (κ2) is 4.36. The molecule has 1 aliphatic heterocycles. The predicted molar refractivity (Wildman–Crippen MR) is 54.3 cm³/mol. The molecule has 2 rings (SSSR count). The second-order valence-corrected chi connectivity index (χ2v) is 4.92. The third-order valence-corrected chi connectivity index (χ3v) is 3.34. The molecule has 1 saturated heterocycles. The van der Waals surface area contributed by atoms with Crippen LogP contribution in [0, 0.1) is 0 Å². The van der Waals surface area contributed by atoms with Crippen molar-refractivity contribution in [1.82, 2.24) is 0 Å². The van der Waals surface area contributed by atoms with E-state index in [1.807, 2.05) is 0 Å². The zero-order chi connectivity index (χ0) is 13.6. The van der Waals surface area contributed by atoms with Crippen LogP contribution < -0.4 is 0 Å². The van der Waals surface area contributed by atoms with Crippen molar-refractivity contribution in [2.24, 2.45) is 0 Å². The molecule has 0 aromatic carbocycles. The Bertz CT molecular complexity index is 274. The molecule has 0 unspecified atom stereocenters. The summed E-state index contributed by atoms with van der Waals surface area (Å²) in [5, 5.41) is 54.8. The molecule has 2 fully saturated rings. The van der Waals surface area contributed by atoms with E-state index in [-0.39, 0.29) is 0 Å². The molecule has 2 atom stereocenters. The van der Waals surface area contributed by atoms with Crippen LogP contribution in [-0.4, -0.2) is 60.6 Å². The number of hydrogen-bond acceptors (Lipinski definition) is 8. The summed E-state index contributed by atoms with van der Waals surface area (Å²) in [4.78, 5) is 0. The van der Waals surface area contributed by atoms with Crippen molar-refractivity contribution in [2.75, 3.05) is 0 Å². The number of aliphatic hydroxyl groups is 6. The Balaban J connectivity index is 2.23. The molecule has 0 amide bonds. The first-order chi connectivity index (χ1) is 8.14. The van der Waals surface area contributed by atoms with Gasteiger partial charge < -0.3 is 40.1 Å². The zero-order valence-corrected chi connectivity index (χ0v) is 9.69. The lowest BCUT2D eigenvalue weighted by Crippen LogP contribution is -2.56. The number of ether oxygens (including phenoxy) is 2. The highest BCUT2D eigenvalue weighted by molar-refractivity contribution is 4.93. The Morgan fingerprint density at radius 2 is 1.11 bits per heavy atom. The Morgan fingerprint density at radius 1 is 0.722 bits per heavy atom. The molecule has 6 N–H and O–H groups in total. The van der Waals surface area contributed by atoms with Crippen molar-refractivity contribution in [3.8, 4) is 0 Å². The van der Waals surface area contributed by atoms with Crippen molar-refractivity contribution >= 4 is 0 Å². The first-order valence-corrected chi connectivity index (χ1v) is 5.84. The van der Waals surface area contributed by atoms with Crippen LogP contribution in [0.2, 0.25) is 0 Å². The molecule has 8 heteroatoms. The summed E-state index contributed by atoms with van der Waals surface area (Å²) < 4.78 is 10.5. The molecule has 8 nitrogen and oxygen atoms in total. The molecule has 0 radical (unpaired) electrons. The smallest absolute Gasteiger partial charge is 0.306 e. The quantitative estimate of drug-likeness (QED) is 0.306. The molecule has 1 heterocycles. The van der Waals surface area contributed by atoms with Gasteiger partial charge in [-0.3, -0.25) is 0 Å². The van der Waals surface area contributed by atoms with E-state index in [2.05, 4.69) is 0 Å². The first-order valence-electron chi connectivity index (χ1n) is 5.84. The number of rotatable bonds is 2. The monoisotopic (exact) mass is 266 g/mol. The Hall–Kier alpha value is -0.320. The van der Waals surface area contributed by atoms with Gasteiger partial charge in [-0.05, 0) is 12.8 Å². The summed E-state index contributed by atoms with van der Waals surface area (Å²) >= 11 is 0. The van der Waals surface area contributed by atoms with Crippen molar-refractivity contribution in [2.45, 2.75) is 62.0 Å². The van der Waals surface area contributed by atoms with Crippen LogP contribution in [-0.2, 0) is 9.47 Å². The molecule has 1 spiro atoms. The summed E-state index contributed by atoms with van der Waals surface area (Å²) in [5.74, 6) is -7.91. The van der Waals surface area contributed by atoms with Crippen molar-refractivity contribution in [3.63, 3.8) is 0 Å². The third-order valence-electron chi connectivity index (χ3n) is 3.34. The van der Waals surface area contributed by atoms with Gasteiger partial charge in [-0.2, -0.15) is 0 Å². The van der Waals surface area contributed by atoms with Crippen molar-refractivity contribution in [3.05, 3.63) is 0 Å². The largest absolute Gasteiger partial charge is 0.341 e. The molecule has 18 heavy (non-hydrogen) atoms. The average molecular weight is 266 g/mol. The second-order valence-electron chi connectivity index (χ2n) is 4.92. The maximum absolute atomic E-state index is 9.14. The van der Waals surface area contributed by atoms with Crippen LogP contribution in [0.3, 0.4) is 0 Å². The Labute approximate surface area is 103 Å². The zero-order valence-electron chi connectivity index (χ0n) is 9.69. The van der Waals surface area contributed by atoms with Crippen molar-refractivity contribution < 1.29 is 40.1 Å². The lowest BCUT2D eigenvalue weighted by Gasteiger charge is -2.32. The molecular weight excluding hydrogens is 248 g/mol. The Kier molecular flexibility index (Phi) is 3.41. The fourth-order valence-corrected chi connectivity index (χ4v) is 2.50. The highest BCUT2D eigenvalue weighted by atomic mass is 16.8. The molecule has 106 valence electrons. The van der Waals surface area contributed by atoms with E-state index in [0.29, 0.717) is 12.8 Å². The number of hydrogen-bond donors (Lipinski definition) is 6. The van der Waals surface area contributed by atoms with Crippen LogP contribution in [0.5, 0.6) is 0 Å². The standard InChI is InChI=1S/C10H18O8/c11-9(12,13)6-7(10(14,15)16)18-8(17-6)4-2-1-3-5-8/h6-7,11-16H,1-5H2/t6-,7-/m0/s1. The first kappa shape index (κ1) is 14.1. The third kappa shape index (κ3) is 2.65. The van der Waals surface area contributed by atoms with Gasteiger partial charge in [0.05, 0.1) is 0 Å². The van der Waals surface area contributed by atoms with Crippen LogP contribution in [0.1, 0.15) is 32.1 Å². The topological polar surface area (TPSA) is 140 Å². The molecule has 1 saturated carbocycles. The predicted octanol–water partition coefficient (Wildman–Crippen LogP) is -2.31. The molecule has 0 aromatic rings. The van der Waals surface area contributed by atoms with E-state index in [9.17, 15) is 0 Å². The fourth-order valence-electron chi connectivity index (χ4n) is 2.50. The summed E-state index contributed by atoms with van der Waals surface area (Å²) in [6, 6.07) is 0. The molecule has 2 aliphatic rings. The maximum atomic E-state index is 9.14. The lowest BCUT2D eigenvalue weighted by atomic mass is 9.94. The van der Waals surface area contributed by atoms with Gasteiger partial charge in [0.25, 0.3) is 0 Å². The SMILES string of the molecule is OC(O)(O)[C@H]1OC2(CCCCC2)O[C@@H]1C(O)(O)O. The highest BCUT2D eigenvalue weighted by Gasteiger charge is 2.61. The maximum Gasteiger partial charge on any atom is 0.306 e. The van der Waals surface area contributed by atoms with E-state index in [1.54, 1.807) is 0 Å². The molecule has 0 aromatic heterocycles. The summed E-state index contributed by atoms with van der Waals surface area (Å²) in [6.07, 6.45) is -0.479. The van der Waals surface area contributed by atoms with Gasteiger partial charge in [0, 0.05) is 12.8 Å². The summed E-state index contributed by atoms with van der Waals surface area (Å²) in [5.41, 5.74) is 0. The van der Waals surface area contributed by atoms with Gasteiger partial charge in [0.15, 0.2) is 18.0 Å². The summed E-state index contributed by atoms with van der Waals surface area (Å²) in [6.45, 7) is 0.